The number of aliphatic hydroxyl groups excluding tert-OH is 1. The summed E-state index contributed by atoms with van der Waals surface area (Å²) in [5.74, 6) is -0.615. The van der Waals surface area contributed by atoms with Gasteiger partial charge in [-0.15, -0.1) is 0 Å². The maximum Gasteiger partial charge on any atom is 0.264 e. The van der Waals surface area contributed by atoms with E-state index in [0.29, 0.717) is 11.3 Å². The number of para-hydroxylation sites is 1. The fourth-order valence-electron chi connectivity index (χ4n) is 2.04. The minimum atomic E-state index is -3.94. The fraction of sp³-hybridized carbons (Fsp3) is 0.200. The monoisotopic (exact) mass is 309 g/mol. The Hall–Kier alpha value is -1.92. The van der Waals surface area contributed by atoms with Gasteiger partial charge in [-0.3, -0.25) is 4.31 Å². The smallest absolute Gasteiger partial charge is 0.264 e. The third-order valence-corrected chi connectivity index (χ3v) is 5.03. The van der Waals surface area contributed by atoms with Crippen molar-refractivity contribution in [3.63, 3.8) is 0 Å². The predicted octanol–water partition coefficient (Wildman–Crippen LogP) is 2.32. The van der Waals surface area contributed by atoms with Gasteiger partial charge in [0, 0.05) is 0 Å². The molecule has 0 heterocycles. The lowest BCUT2D eigenvalue weighted by molar-refractivity contribution is 0.306. The Kier molecular flexibility index (Phi) is 4.59. The van der Waals surface area contributed by atoms with Crippen molar-refractivity contribution in [3.05, 3.63) is 59.9 Å². The molecular weight excluding hydrogens is 293 g/mol. The van der Waals surface area contributed by atoms with E-state index in [1.54, 1.807) is 37.3 Å². The summed E-state index contributed by atoms with van der Waals surface area (Å²) in [6, 6.07) is 12.1. The van der Waals surface area contributed by atoms with Crippen molar-refractivity contribution in [2.24, 2.45) is 0 Å². The average molecular weight is 309 g/mol. The first-order valence-corrected chi connectivity index (χ1v) is 7.85. The van der Waals surface area contributed by atoms with E-state index in [-0.39, 0.29) is 18.0 Å². The van der Waals surface area contributed by atoms with E-state index >= 15 is 0 Å². The van der Waals surface area contributed by atoms with E-state index in [4.69, 9.17) is 5.11 Å². The van der Waals surface area contributed by atoms with E-state index in [1.807, 2.05) is 0 Å². The first kappa shape index (κ1) is 15.5. The lowest BCUT2D eigenvalue weighted by Gasteiger charge is -2.24. The number of hydrogen-bond donors (Lipinski definition) is 1. The maximum atomic E-state index is 13.4. The zero-order chi connectivity index (χ0) is 15.5. The minimum Gasteiger partial charge on any atom is -0.394 e. The first-order valence-electron chi connectivity index (χ1n) is 6.41. The molecule has 4 nitrogen and oxygen atoms in total. The maximum absolute atomic E-state index is 13.4. The van der Waals surface area contributed by atoms with Gasteiger partial charge in [0.2, 0.25) is 0 Å². The van der Waals surface area contributed by atoms with Crippen molar-refractivity contribution in [1.29, 1.82) is 0 Å². The number of aryl methyl sites for hydroxylation is 1. The summed E-state index contributed by atoms with van der Waals surface area (Å²) in [7, 11) is -3.94. The molecule has 6 heteroatoms. The second-order valence-electron chi connectivity index (χ2n) is 4.55. The number of halogens is 1. The molecule has 0 bridgehead atoms. The Labute approximate surface area is 123 Å². The molecule has 0 aliphatic heterocycles. The molecule has 21 heavy (non-hydrogen) atoms. The van der Waals surface area contributed by atoms with Crippen molar-refractivity contribution in [1.82, 2.24) is 0 Å². The van der Waals surface area contributed by atoms with Crippen LogP contribution in [0.2, 0.25) is 0 Å². The van der Waals surface area contributed by atoms with Crippen LogP contribution in [-0.2, 0) is 10.0 Å². The van der Waals surface area contributed by atoms with E-state index in [9.17, 15) is 12.8 Å². The normalized spacial score (nSPS) is 11.4. The van der Waals surface area contributed by atoms with Crippen LogP contribution in [0.5, 0.6) is 0 Å². The van der Waals surface area contributed by atoms with Gasteiger partial charge < -0.3 is 5.11 Å². The van der Waals surface area contributed by atoms with Gasteiger partial charge in [-0.2, -0.15) is 0 Å². The molecule has 0 saturated carbocycles. The van der Waals surface area contributed by atoms with E-state index in [2.05, 4.69) is 0 Å². The van der Waals surface area contributed by atoms with Crippen LogP contribution in [0, 0.1) is 12.7 Å². The van der Waals surface area contributed by atoms with Crippen LogP contribution >= 0.6 is 0 Å². The Morgan fingerprint density at radius 2 is 1.81 bits per heavy atom. The second-order valence-corrected chi connectivity index (χ2v) is 6.38. The molecule has 0 fully saturated rings. The third-order valence-electron chi connectivity index (χ3n) is 3.07. The Morgan fingerprint density at radius 1 is 1.14 bits per heavy atom. The highest BCUT2D eigenvalue weighted by Crippen LogP contribution is 2.25. The molecule has 0 aliphatic carbocycles. The lowest BCUT2D eigenvalue weighted by Crippen LogP contribution is -2.34. The van der Waals surface area contributed by atoms with Gasteiger partial charge in [0.15, 0.2) is 0 Å². The van der Waals surface area contributed by atoms with E-state index < -0.39 is 15.8 Å². The van der Waals surface area contributed by atoms with Crippen LogP contribution in [-0.4, -0.2) is 26.7 Å². The van der Waals surface area contributed by atoms with E-state index in [1.165, 1.54) is 12.1 Å². The average Bonchev–Trinajstić information content (AvgIpc) is 2.48. The van der Waals surface area contributed by atoms with Crippen LogP contribution in [0.3, 0.4) is 0 Å². The largest absolute Gasteiger partial charge is 0.394 e. The highest BCUT2D eigenvalue weighted by molar-refractivity contribution is 7.92. The van der Waals surface area contributed by atoms with Crippen molar-refractivity contribution >= 4 is 15.7 Å². The highest BCUT2D eigenvalue weighted by Gasteiger charge is 2.26. The molecule has 0 unspecified atom stereocenters. The van der Waals surface area contributed by atoms with Crippen LogP contribution in [0.1, 0.15) is 5.56 Å². The summed E-state index contributed by atoms with van der Waals surface area (Å²) in [4.78, 5) is -0.0974. The Balaban J connectivity index is 2.55. The molecule has 0 saturated heterocycles. The number of nitrogens with zero attached hydrogens (tertiary/aromatic N) is 1. The molecule has 0 spiro atoms. The number of rotatable bonds is 5. The van der Waals surface area contributed by atoms with Gasteiger partial charge >= 0.3 is 0 Å². The summed E-state index contributed by atoms with van der Waals surface area (Å²) in [5.41, 5.74) is 0.880. The summed E-state index contributed by atoms with van der Waals surface area (Å²) in [5, 5.41) is 9.15. The Morgan fingerprint density at radius 3 is 2.43 bits per heavy atom. The van der Waals surface area contributed by atoms with E-state index in [0.717, 1.165) is 10.4 Å². The quantitative estimate of drug-likeness (QED) is 0.922. The van der Waals surface area contributed by atoms with Crippen LogP contribution in [0.25, 0.3) is 0 Å². The van der Waals surface area contributed by atoms with Crippen LogP contribution in [0.4, 0.5) is 10.1 Å². The molecule has 0 aliphatic rings. The van der Waals surface area contributed by atoms with Gasteiger partial charge in [0.25, 0.3) is 10.0 Å². The molecule has 0 aromatic heterocycles. The fourth-order valence-corrected chi connectivity index (χ4v) is 3.74. The number of anilines is 1. The van der Waals surface area contributed by atoms with Gasteiger partial charge in [-0.05, 0) is 36.8 Å². The first-order chi connectivity index (χ1) is 9.96. The summed E-state index contributed by atoms with van der Waals surface area (Å²) in [6.45, 7) is 1.18. The van der Waals surface area contributed by atoms with Gasteiger partial charge in [-0.1, -0.05) is 24.3 Å². The summed E-state index contributed by atoms with van der Waals surface area (Å²) >= 11 is 0. The number of hydrogen-bond acceptors (Lipinski definition) is 3. The number of aliphatic hydroxyl groups is 1. The van der Waals surface area contributed by atoms with Gasteiger partial charge in [0.05, 0.1) is 23.7 Å². The molecule has 112 valence electrons. The van der Waals surface area contributed by atoms with Crippen LogP contribution < -0.4 is 4.31 Å². The molecule has 2 rings (SSSR count). The van der Waals surface area contributed by atoms with Crippen molar-refractivity contribution < 1.29 is 17.9 Å². The van der Waals surface area contributed by atoms with Crippen LogP contribution in [0.15, 0.2) is 53.4 Å². The van der Waals surface area contributed by atoms with Gasteiger partial charge in [0.1, 0.15) is 5.82 Å². The molecular formula is C15H16FNO3S. The third kappa shape index (κ3) is 3.22. The number of sulfonamides is 1. The van der Waals surface area contributed by atoms with Crippen molar-refractivity contribution in [3.8, 4) is 0 Å². The summed E-state index contributed by atoms with van der Waals surface area (Å²) < 4.78 is 40.0. The van der Waals surface area contributed by atoms with Crippen molar-refractivity contribution in [2.45, 2.75) is 11.8 Å². The predicted molar refractivity (Wildman–Crippen MR) is 79.2 cm³/mol. The number of benzene rings is 2. The van der Waals surface area contributed by atoms with Crippen molar-refractivity contribution in [2.75, 3.05) is 17.5 Å². The zero-order valence-corrected chi connectivity index (χ0v) is 12.3. The zero-order valence-electron chi connectivity index (χ0n) is 11.5. The molecule has 0 atom stereocenters. The standard InChI is InChI=1S/C15H16FNO3S/c1-12-7-8-13(16)11-15(12)21(19,20)17(9-10-18)14-5-3-2-4-6-14/h2-8,11,18H,9-10H2,1H3. The SMILES string of the molecule is Cc1ccc(F)cc1S(=O)(=O)N(CCO)c1ccccc1. The minimum absolute atomic E-state index is 0.0949. The molecule has 0 amide bonds. The molecule has 0 radical (unpaired) electrons. The topological polar surface area (TPSA) is 57.6 Å². The summed E-state index contributed by atoms with van der Waals surface area (Å²) in [6.07, 6.45) is 0. The van der Waals surface area contributed by atoms with Gasteiger partial charge in [-0.25, -0.2) is 12.8 Å². The second kappa shape index (κ2) is 6.24. The lowest BCUT2D eigenvalue weighted by atomic mass is 10.2. The molecule has 2 aromatic carbocycles. The molecule has 2 aromatic rings. The highest BCUT2D eigenvalue weighted by atomic mass is 32.2. The molecule has 1 N–H and O–H groups in total. The Bertz CT molecular complexity index is 717.